The lowest BCUT2D eigenvalue weighted by molar-refractivity contribution is 0.0773. The molecule has 3 nitrogen and oxygen atoms in total. The third-order valence-corrected chi connectivity index (χ3v) is 3.20. The summed E-state index contributed by atoms with van der Waals surface area (Å²) in [7, 11) is 1.68. The second kappa shape index (κ2) is 6.88. The molecule has 0 aliphatic heterocycles. The first-order valence-corrected chi connectivity index (χ1v) is 6.77. The Balaban J connectivity index is 1.89. The van der Waals surface area contributed by atoms with Crippen LogP contribution in [0.5, 0.6) is 5.75 Å². The van der Waals surface area contributed by atoms with Gasteiger partial charge in [0.25, 0.3) is 5.91 Å². The van der Waals surface area contributed by atoms with E-state index in [1.165, 1.54) is 11.0 Å². The summed E-state index contributed by atoms with van der Waals surface area (Å²) in [5.41, 5.74) is 0.877. The molecular formula is C17H18FNO2. The number of para-hydroxylation sites is 1. The van der Waals surface area contributed by atoms with Gasteiger partial charge in [0.05, 0.1) is 6.54 Å². The van der Waals surface area contributed by atoms with Gasteiger partial charge in [0, 0.05) is 12.6 Å². The number of rotatable bonds is 5. The average Bonchev–Trinajstić information content (AvgIpc) is 2.50. The fourth-order valence-electron chi connectivity index (χ4n) is 1.86. The number of nitrogens with zero attached hydrogens (tertiary/aromatic N) is 1. The van der Waals surface area contributed by atoms with Crippen LogP contribution in [-0.4, -0.2) is 31.0 Å². The third-order valence-electron chi connectivity index (χ3n) is 3.20. The van der Waals surface area contributed by atoms with Gasteiger partial charge in [0.2, 0.25) is 0 Å². The molecular weight excluding hydrogens is 269 g/mol. The number of aryl methyl sites for hydroxylation is 1. The number of carbonyl (C=O) groups excluding carboxylic acids is 1. The van der Waals surface area contributed by atoms with Gasteiger partial charge in [-0.1, -0.05) is 24.3 Å². The van der Waals surface area contributed by atoms with Crippen molar-refractivity contribution in [3.05, 3.63) is 65.5 Å². The summed E-state index contributed by atoms with van der Waals surface area (Å²) in [5, 5.41) is 0. The van der Waals surface area contributed by atoms with Crippen LogP contribution in [0.1, 0.15) is 15.9 Å². The Hall–Kier alpha value is -2.36. The highest BCUT2D eigenvalue weighted by molar-refractivity contribution is 5.94. The predicted octanol–water partition coefficient (Wildman–Crippen LogP) is 3.29. The summed E-state index contributed by atoms with van der Waals surface area (Å²) >= 11 is 0. The molecule has 2 rings (SSSR count). The Morgan fingerprint density at radius 3 is 2.57 bits per heavy atom. The van der Waals surface area contributed by atoms with Crippen LogP contribution in [0.3, 0.4) is 0 Å². The normalized spacial score (nSPS) is 10.2. The molecule has 0 saturated heterocycles. The van der Waals surface area contributed by atoms with Crippen molar-refractivity contribution in [2.75, 3.05) is 20.2 Å². The molecule has 0 unspecified atom stereocenters. The highest BCUT2D eigenvalue weighted by atomic mass is 19.1. The maximum atomic E-state index is 13.5. The molecule has 0 saturated carbocycles. The minimum Gasteiger partial charge on any atom is -0.492 e. The van der Waals surface area contributed by atoms with Crippen molar-refractivity contribution in [1.29, 1.82) is 0 Å². The molecule has 2 aromatic rings. The van der Waals surface area contributed by atoms with Gasteiger partial charge in [0.1, 0.15) is 18.2 Å². The summed E-state index contributed by atoms with van der Waals surface area (Å²) < 4.78 is 19.0. The molecule has 21 heavy (non-hydrogen) atoms. The molecule has 2 aromatic carbocycles. The number of ether oxygens (including phenoxy) is 1. The zero-order chi connectivity index (χ0) is 15.2. The number of likely N-dealkylation sites (N-methyl/N-ethyl adjacent to an activating group) is 1. The number of benzene rings is 2. The minimum atomic E-state index is -0.366. The summed E-state index contributed by atoms with van der Waals surface area (Å²) in [6.07, 6.45) is 0. The molecule has 0 N–H and O–H groups in total. The van der Waals surface area contributed by atoms with Gasteiger partial charge >= 0.3 is 0 Å². The van der Waals surface area contributed by atoms with Crippen molar-refractivity contribution < 1.29 is 13.9 Å². The van der Waals surface area contributed by atoms with Gasteiger partial charge in [-0.25, -0.2) is 4.39 Å². The molecule has 0 spiro atoms. The average molecular weight is 287 g/mol. The first kappa shape index (κ1) is 15.0. The minimum absolute atomic E-state index is 0.217. The van der Waals surface area contributed by atoms with Gasteiger partial charge in [0.15, 0.2) is 0 Å². The number of amides is 1. The van der Waals surface area contributed by atoms with Crippen LogP contribution in [-0.2, 0) is 0 Å². The van der Waals surface area contributed by atoms with Crippen molar-refractivity contribution in [3.8, 4) is 5.75 Å². The van der Waals surface area contributed by atoms with E-state index < -0.39 is 0 Å². The van der Waals surface area contributed by atoms with E-state index in [4.69, 9.17) is 4.74 Å². The molecule has 0 aromatic heterocycles. The Labute approximate surface area is 124 Å². The topological polar surface area (TPSA) is 29.5 Å². The molecule has 0 aliphatic rings. The molecule has 4 heteroatoms. The van der Waals surface area contributed by atoms with E-state index >= 15 is 0 Å². The Morgan fingerprint density at radius 2 is 1.90 bits per heavy atom. The van der Waals surface area contributed by atoms with Crippen LogP contribution in [0, 0.1) is 12.7 Å². The van der Waals surface area contributed by atoms with Crippen LogP contribution in [0.4, 0.5) is 4.39 Å². The van der Waals surface area contributed by atoms with Crippen molar-refractivity contribution >= 4 is 5.91 Å². The fourth-order valence-corrected chi connectivity index (χ4v) is 1.86. The van der Waals surface area contributed by atoms with Gasteiger partial charge in [-0.15, -0.1) is 0 Å². The van der Waals surface area contributed by atoms with E-state index in [9.17, 15) is 9.18 Å². The molecule has 0 atom stereocenters. The summed E-state index contributed by atoms with van der Waals surface area (Å²) in [6, 6.07) is 13.9. The quantitative estimate of drug-likeness (QED) is 0.844. The summed E-state index contributed by atoms with van der Waals surface area (Å²) in [4.78, 5) is 13.7. The molecule has 0 aliphatic carbocycles. The lowest BCUT2D eigenvalue weighted by Crippen LogP contribution is -2.31. The predicted molar refractivity (Wildman–Crippen MR) is 80.0 cm³/mol. The van der Waals surface area contributed by atoms with Crippen molar-refractivity contribution in [2.24, 2.45) is 0 Å². The number of carbonyl (C=O) groups is 1. The van der Waals surface area contributed by atoms with Gasteiger partial charge in [-0.2, -0.15) is 0 Å². The van der Waals surface area contributed by atoms with Crippen molar-refractivity contribution in [1.82, 2.24) is 4.90 Å². The molecule has 1 amide bonds. The number of hydrogen-bond acceptors (Lipinski definition) is 2. The van der Waals surface area contributed by atoms with Crippen LogP contribution in [0.15, 0.2) is 48.5 Å². The first-order valence-electron chi connectivity index (χ1n) is 6.77. The second-order valence-corrected chi connectivity index (χ2v) is 4.85. The summed E-state index contributed by atoms with van der Waals surface area (Å²) in [6.45, 7) is 2.49. The molecule has 0 heterocycles. The zero-order valence-electron chi connectivity index (χ0n) is 12.2. The maximum Gasteiger partial charge on any atom is 0.253 e. The van der Waals surface area contributed by atoms with E-state index in [0.29, 0.717) is 24.3 Å². The molecule has 110 valence electrons. The van der Waals surface area contributed by atoms with E-state index in [0.717, 1.165) is 5.75 Å². The van der Waals surface area contributed by atoms with Crippen LogP contribution in [0.25, 0.3) is 0 Å². The summed E-state index contributed by atoms with van der Waals surface area (Å²) in [5.74, 6) is 0.181. The van der Waals surface area contributed by atoms with Gasteiger partial charge in [-0.05, 0) is 36.8 Å². The van der Waals surface area contributed by atoms with Crippen LogP contribution in [0.2, 0.25) is 0 Å². The number of halogens is 1. The monoisotopic (exact) mass is 287 g/mol. The Kier molecular flexibility index (Phi) is 4.93. The smallest absolute Gasteiger partial charge is 0.253 e. The third kappa shape index (κ3) is 4.05. The molecule has 0 bridgehead atoms. The molecule has 0 radical (unpaired) electrons. The highest BCUT2D eigenvalue weighted by Gasteiger charge is 2.13. The number of hydrogen-bond donors (Lipinski definition) is 0. The van der Waals surface area contributed by atoms with Gasteiger partial charge in [-0.3, -0.25) is 4.79 Å². The van der Waals surface area contributed by atoms with Gasteiger partial charge < -0.3 is 9.64 Å². The van der Waals surface area contributed by atoms with E-state index in [1.54, 1.807) is 26.1 Å². The van der Waals surface area contributed by atoms with Crippen LogP contribution < -0.4 is 4.74 Å². The highest BCUT2D eigenvalue weighted by Crippen LogP contribution is 2.11. The standard InChI is InChI=1S/C17H18FNO2/c1-13-8-9-14(12-16(13)18)17(20)19(2)10-11-21-15-6-4-3-5-7-15/h3-9,12H,10-11H2,1-2H3. The van der Waals surface area contributed by atoms with Crippen molar-refractivity contribution in [2.45, 2.75) is 6.92 Å². The largest absolute Gasteiger partial charge is 0.492 e. The maximum absolute atomic E-state index is 13.5. The SMILES string of the molecule is Cc1ccc(C(=O)N(C)CCOc2ccccc2)cc1F. The zero-order valence-corrected chi connectivity index (χ0v) is 12.2. The lowest BCUT2D eigenvalue weighted by Gasteiger charge is -2.17. The van der Waals surface area contributed by atoms with Crippen LogP contribution >= 0.6 is 0 Å². The Morgan fingerprint density at radius 1 is 1.19 bits per heavy atom. The van der Waals surface area contributed by atoms with E-state index in [-0.39, 0.29) is 11.7 Å². The van der Waals surface area contributed by atoms with E-state index in [1.807, 2.05) is 30.3 Å². The first-order chi connectivity index (χ1) is 10.1. The Bertz CT molecular complexity index is 613. The second-order valence-electron chi connectivity index (χ2n) is 4.85. The molecule has 0 fully saturated rings. The fraction of sp³-hybridized carbons (Fsp3) is 0.235. The van der Waals surface area contributed by atoms with Crippen molar-refractivity contribution in [3.63, 3.8) is 0 Å². The van der Waals surface area contributed by atoms with E-state index in [2.05, 4.69) is 0 Å². The lowest BCUT2D eigenvalue weighted by atomic mass is 10.1.